The van der Waals surface area contributed by atoms with Gasteiger partial charge < -0.3 is 5.32 Å². The topological polar surface area (TPSA) is 29.1 Å². The Morgan fingerprint density at radius 1 is 1.80 bits per heavy atom. The molecule has 0 fully saturated rings. The first-order valence-corrected chi connectivity index (χ1v) is 4.00. The number of thiophene rings is 1. The van der Waals surface area contributed by atoms with Crippen LogP contribution in [0.1, 0.15) is 4.88 Å². The molecule has 0 atom stereocenters. The Labute approximate surface area is 67.8 Å². The van der Waals surface area contributed by atoms with E-state index >= 15 is 0 Å². The summed E-state index contributed by atoms with van der Waals surface area (Å²) in [6.45, 7) is 0.528. The van der Waals surface area contributed by atoms with Gasteiger partial charge in [0.1, 0.15) is 0 Å². The number of carbonyl (C=O) groups is 1. The molecule has 0 spiro atoms. The number of carbonyl (C=O) groups excluding carboxylic acids is 1. The average molecular weight is 176 g/mol. The van der Waals surface area contributed by atoms with Crippen molar-refractivity contribution in [1.82, 2.24) is 5.32 Å². The molecule has 0 aromatic carbocycles. The molecule has 0 aliphatic heterocycles. The molecule has 10 heavy (non-hydrogen) atoms. The van der Waals surface area contributed by atoms with Crippen LogP contribution in [-0.2, 0) is 6.54 Å². The molecule has 0 unspecified atom stereocenters. The van der Waals surface area contributed by atoms with Gasteiger partial charge in [0.2, 0.25) is 0 Å². The minimum atomic E-state index is -0.506. The maximum Gasteiger partial charge on any atom is 0.314 e. The average Bonchev–Trinajstić information content (AvgIpc) is 2.34. The van der Waals surface area contributed by atoms with Gasteiger partial charge in [-0.05, 0) is 23.0 Å². The quantitative estimate of drug-likeness (QED) is 0.542. The maximum atomic E-state index is 10.2. The number of nitrogens with one attached hydrogen (secondary N) is 1. The highest BCUT2D eigenvalue weighted by molar-refractivity contribution is 7.09. The Hall–Kier alpha value is -0.540. The predicted molar refractivity (Wildman–Crippen MR) is 42.4 cm³/mol. The van der Waals surface area contributed by atoms with Crippen LogP contribution in [0.15, 0.2) is 17.5 Å². The van der Waals surface area contributed by atoms with Gasteiger partial charge in [-0.2, -0.15) is 0 Å². The molecule has 4 heteroatoms. The lowest BCUT2D eigenvalue weighted by Crippen LogP contribution is -2.14. The van der Waals surface area contributed by atoms with E-state index in [4.69, 9.17) is 11.6 Å². The fraction of sp³-hybridized carbons (Fsp3) is 0.167. The van der Waals surface area contributed by atoms with Crippen LogP contribution in [0.3, 0.4) is 0 Å². The summed E-state index contributed by atoms with van der Waals surface area (Å²) >= 11 is 6.64. The van der Waals surface area contributed by atoms with Crippen LogP contribution >= 0.6 is 22.9 Å². The van der Waals surface area contributed by atoms with Gasteiger partial charge in [0.15, 0.2) is 0 Å². The van der Waals surface area contributed by atoms with Crippen molar-refractivity contribution < 1.29 is 4.79 Å². The molecule has 54 valence electrons. The molecule has 0 aliphatic carbocycles. The Balaban J connectivity index is 2.35. The number of hydrogen-bond donors (Lipinski definition) is 1. The summed E-state index contributed by atoms with van der Waals surface area (Å²) in [6.07, 6.45) is 0. The van der Waals surface area contributed by atoms with Crippen molar-refractivity contribution in [3.8, 4) is 0 Å². The van der Waals surface area contributed by atoms with E-state index in [0.29, 0.717) is 6.54 Å². The van der Waals surface area contributed by atoms with Gasteiger partial charge >= 0.3 is 5.37 Å². The number of rotatable bonds is 2. The zero-order chi connectivity index (χ0) is 7.40. The summed E-state index contributed by atoms with van der Waals surface area (Å²) in [7, 11) is 0. The van der Waals surface area contributed by atoms with Crippen molar-refractivity contribution in [3.63, 3.8) is 0 Å². The zero-order valence-corrected chi connectivity index (χ0v) is 6.71. The van der Waals surface area contributed by atoms with Gasteiger partial charge in [-0.25, -0.2) is 0 Å². The van der Waals surface area contributed by atoms with Crippen LogP contribution in [0.5, 0.6) is 0 Å². The van der Waals surface area contributed by atoms with Crippen LogP contribution in [-0.4, -0.2) is 5.37 Å². The first-order valence-electron chi connectivity index (χ1n) is 2.75. The molecule has 0 radical (unpaired) electrons. The Morgan fingerprint density at radius 3 is 3.10 bits per heavy atom. The van der Waals surface area contributed by atoms with E-state index in [-0.39, 0.29) is 0 Å². The lowest BCUT2D eigenvalue weighted by Gasteiger charge is -1.94. The standard InChI is InChI=1S/C6H6ClNOS/c7-6(9)8-4-5-2-1-3-10-5/h1-3H,4H2,(H,8,9). The molecule has 1 rings (SSSR count). The number of halogens is 1. The second kappa shape index (κ2) is 3.58. The van der Waals surface area contributed by atoms with Gasteiger partial charge in [0.05, 0.1) is 6.54 Å². The second-order valence-electron chi connectivity index (χ2n) is 1.71. The molecular formula is C6H6ClNOS. The normalized spacial score (nSPS) is 9.30. The van der Waals surface area contributed by atoms with Crippen molar-refractivity contribution >= 4 is 28.3 Å². The smallest absolute Gasteiger partial charge is 0.314 e. The highest BCUT2D eigenvalue weighted by Gasteiger charge is 1.94. The monoisotopic (exact) mass is 175 g/mol. The van der Waals surface area contributed by atoms with Crippen LogP contribution in [0.25, 0.3) is 0 Å². The first kappa shape index (κ1) is 7.57. The molecule has 2 nitrogen and oxygen atoms in total. The minimum absolute atomic E-state index is 0.506. The molecule has 1 N–H and O–H groups in total. The molecule has 1 aromatic heterocycles. The number of hydrogen-bond acceptors (Lipinski definition) is 2. The predicted octanol–water partition coefficient (Wildman–Crippen LogP) is 2.20. The highest BCUT2D eigenvalue weighted by Crippen LogP contribution is 2.07. The number of amides is 1. The van der Waals surface area contributed by atoms with Gasteiger partial charge in [-0.1, -0.05) is 6.07 Å². The van der Waals surface area contributed by atoms with Crippen molar-refractivity contribution in [2.75, 3.05) is 0 Å². The molecule has 0 saturated carbocycles. The summed E-state index contributed by atoms with van der Waals surface area (Å²) in [5.41, 5.74) is 0. The molecule has 0 bridgehead atoms. The van der Waals surface area contributed by atoms with Gasteiger partial charge in [-0.3, -0.25) is 4.79 Å². The SMILES string of the molecule is O=C(Cl)NCc1cccs1. The molecule has 0 saturated heterocycles. The molecular weight excluding hydrogens is 170 g/mol. The maximum absolute atomic E-state index is 10.2. The van der Waals surface area contributed by atoms with E-state index in [0.717, 1.165) is 4.88 Å². The van der Waals surface area contributed by atoms with Crippen LogP contribution in [0.2, 0.25) is 0 Å². The lowest BCUT2D eigenvalue weighted by atomic mass is 10.5. The molecule has 1 heterocycles. The third-order valence-electron chi connectivity index (χ3n) is 0.982. The van der Waals surface area contributed by atoms with E-state index in [2.05, 4.69) is 5.32 Å². The Bertz CT molecular complexity index is 210. The van der Waals surface area contributed by atoms with Crippen molar-refractivity contribution in [2.24, 2.45) is 0 Å². The summed E-state index contributed by atoms with van der Waals surface area (Å²) in [5.74, 6) is 0. The van der Waals surface area contributed by atoms with E-state index < -0.39 is 5.37 Å². The fourth-order valence-electron chi connectivity index (χ4n) is 0.570. The summed E-state index contributed by atoms with van der Waals surface area (Å²) in [6, 6.07) is 3.87. The third kappa shape index (κ3) is 2.37. The van der Waals surface area contributed by atoms with Crippen LogP contribution < -0.4 is 5.32 Å². The van der Waals surface area contributed by atoms with Crippen molar-refractivity contribution in [2.45, 2.75) is 6.54 Å². The van der Waals surface area contributed by atoms with Crippen LogP contribution in [0, 0.1) is 0 Å². The molecule has 1 amide bonds. The lowest BCUT2D eigenvalue weighted by molar-refractivity contribution is 0.259. The second-order valence-corrected chi connectivity index (χ2v) is 3.08. The van der Waals surface area contributed by atoms with E-state index in [1.807, 2.05) is 17.5 Å². The van der Waals surface area contributed by atoms with E-state index in [1.165, 1.54) is 0 Å². The van der Waals surface area contributed by atoms with Gasteiger partial charge in [-0.15, -0.1) is 11.3 Å². The van der Waals surface area contributed by atoms with Crippen LogP contribution in [0.4, 0.5) is 4.79 Å². The largest absolute Gasteiger partial charge is 0.338 e. The van der Waals surface area contributed by atoms with E-state index in [9.17, 15) is 4.79 Å². The zero-order valence-electron chi connectivity index (χ0n) is 5.13. The van der Waals surface area contributed by atoms with Gasteiger partial charge in [0.25, 0.3) is 0 Å². The Kier molecular flexibility index (Phi) is 2.71. The molecule has 1 aromatic rings. The van der Waals surface area contributed by atoms with Gasteiger partial charge in [0, 0.05) is 4.88 Å². The van der Waals surface area contributed by atoms with Crippen molar-refractivity contribution in [3.05, 3.63) is 22.4 Å². The Morgan fingerprint density at radius 2 is 2.60 bits per heavy atom. The summed E-state index contributed by atoms with van der Waals surface area (Å²) < 4.78 is 0. The van der Waals surface area contributed by atoms with Crippen molar-refractivity contribution in [1.29, 1.82) is 0 Å². The third-order valence-corrected chi connectivity index (χ3v) is 1.99. The molecule has 0 aliphatic rings. The highest BCUT2D eigenvalue weighted by atomic mass is 35.5. The first-order chi connectivity index (χ1) is 4.79. The minimum Gasteiger partial charge on any atom is -0.338 e. The summed E-state index contributed by atoms with van der Waals surface area (Å²) in [5, 5.41) is 3.93. The fourth-order valence-corrected chi connectivity index (χ4v) is 1.28. The van der Waals surface area contributed by atoms with E-state index in [1.54, 1.807) is 11.3 Å². The summed E-state index contributed by atoms with van der Waals surface area (Å²) in [4.78, 5) is 11.3.